The summed E-state index contributed by atoms with van der Waals surface area (Å²) in [5.74, 6) is 0. The molecule has 0 aromatic rings. The van der Waals surface area contributed by atoms with Gasteiger partial charge in [-0.1, -0.05) is 0 Å². The van der Waals surface area contributed by atoms with Crippen LogP contribution in [-0.2, 0) is 38.9 Å². The molecule has 1 saturated heterocycles. The number of hydrogen-bond acceptors (Lipinski definition) is 9. The summed E-state index contributed by atoms with van der Waals surface area (Å²) in [5, 5.41) is 0. The summed E-state index contributed by atoms with van der Waals surface area (Å²) < 4.78 is 56.0. The molecule has 0 aliphatic carbocycles. The van der Waals surface area contributed by atoms with Gasteiger partial charge in [0.05, 0.1) is 0 Å². The Labute approximate surface area is 186 Å². The fourth-order valence-electron chi connectivity index (χ4n) is 2.63. The Kier molecular flexibility index (Phi) is 10.8. The Morgan fingerprint density at radius 1 is 0.333 bits per heavy atom. The van der Waals surface area contributed by atoms with Gasteiger partial charge in [-0.2, -0.15) is 0 Å². The van der Waals surface area contributed by atoms with Gasteiger partial charge in [0.1, 0.15) is 0 Å². The second-order valence-electron chi connectivity index (χ2n) is 8.81. The summed E-state index contributed by atoms with van der Waals surface area (Å²) in [5.41, 5.74) is 0. The average Bonchev–Trinajstić information content (AvgIpc) is 2.39. The summed E-state index contributed by atoms with van der Waals surface area (Å²) in [4.78, 5) is 0. The summed E-state index contributed by atoms with van der Waals surface area (Å²) in [7, 11) is -11.5. The van der Waals surface area contributed by atoms with Crippen molar-refractivity contribution in [3.05, 3.63) is 0 Å². The van der Waals surface area contributed by atoms with Crippen LogP contribution in [0.15, 0.2) is 0 Å². The van der Waals surface area contributed by atoms with Gasteiger partial charge < -0.3 is 38.9 Å². The highest BCUT2D eigenvalue weighted by Crippen LogP contribution is 2.38. The van der Waals surface area contributed by atoms with Crippen molar-refractivity contribution >= 4 is 27.1 Å². The summed E-state index contributed by atoms with van der Waals surface area (Å²) in [6, 6.07) is 0. The standard InChI is InChI=1S/C18H42O9Si3/c1-13(2)19-28(20-14(3)4)25-29(21-15(5)6,22-16(7)8)27-30(26-28,23-17(9)10)24-18(11)12/h13-18H,1-12H3. The first-order valence-corrected chi connectivity index (χ1v) is 15.7. The maximum absolute atomic E-state index is 6.34. The van der Waals surface area contributed by atoms with Crippen LogP contribution in [0.3, 0.4) is 0 Å². The molecule has 0 radical (unpaired) electrons. The van der Waals surface area contributed by atoms with Crippen LogP contribution in [0.2, 0.25) is 0 Å². The number of hydrogen-bond donors (Lipinski definition) is 0. The zero-order valence-corrected chi connectivity index (χ0v) is 23.6. The van der Waals surface area contributed by atoms with Gasteiger partial charge in [0.2, 0.25) is 0 Å². The van der Waals surface area contributed by atoms with E-state index in [1.54, 1.807) is 0 Å². The Balaban J connectivity index is 3.63. The Bertz CT molecular complexity index is 402. The first kappa shape index (κ1) is 28.3. The van der Waals surface area contributed by atoms with E-state index in [1.165, 1.54) is 0 Å². The van der Waals surface area contributed by atoms with Gasteiger partial charge in [-0.25, -0.2) is 0 Å². The second kappa shape index (κ2) is 11.4. The van der Waals surface area contributed by atoms with Crippen molar-refractivity contribution in [1.82, 2.24) is 0 Å². The highest BCUT2D eigenvalue weighted by molar-refractivity contribution is 6.82. The zero-order chi connectivity index (χ0) is 23.3. The van der Waals surface area contributed by atoms with Crippen molar-refractivity contribution in [3.8, 4) is 0 Å². The summed E-state index contributed by atoms with van der Waals surface area (Å²) >= 11 is 0. The van der Waals surface area contributed by atoms with Gasteiger partial charge in [0.15, 0.2) is 0 Å². The van der Waals surface area contributed by atoms with Crippen molar-refractivity contribution in [3.63, 3.8) is 0 Å². The maximum atomic E-state index is 6.34. The molecule has 0 aromatic carbocycles. The molecule has 9 nitrogen and oxygen atoms in total. The molecule has 0 atom stereocenters. The third-order valence-electron chi connectivity index (χ3n) is 3.03. The highest BCUT2D eigenvalue weighted by Gasteiger charge is 2.76. The first-order chi connectivity index (χ1) is 13.6. The molecule has 180 valence electrons. The van der Waals surface area contributed by atoms with Gasteiger partial charge in [0.25, 0.3) is 0 Å². The predicted octanol–water partition coefficient (Wildman–Crippen LogP) is 3.91. The van der Waals surface area contributed by atoms with E-state index in [9.17, 15) is 0 Å². The molecule has 0 spiro atoms. The van der Waals surface area contributed by atoms with Crippen LogP contribution in [0, 0.1) is 0 Å². The Morgan fingerprint density at radius 2 is 0.467 bits per heavy atom. The van der Waals surface area contributed by atoms with E-state index in [1.807, 2.05) is 83.1 Å². The lowest BCUT2D eigenvalue weighted by atomic mass is 10.5. The molecular formula is C18H42O9Si3. The monoisotopic (exact) mass is 486 g/mol. The molecule has 1 rings (SSSR count). The summed E-state index contributed by atoms with van der Waals surface area (Å²) in [6.07, 6.45) is -1.48. The van der Waals surface area contributed by atoms with Crippen molar-refractivity contribution in [2.24, 2.45) is 0 Å². The quantitative estimate of drug-likeness (QED) is 0.381. The molecule has 1 fully saturated rings. The molecule has 0 saturated carbocycles. The molecule has 0 unspecified atom stereocenters. The normalized spacial score (nSPS) is 21.0. The van der Waals surface area contributed by atoms with E-state index in [-0.39, 0.29) is 36.6 Å². The van der Waals surface area contributed by atoms with Crippen molar-refractivity contribution in [1.29, 1.82) is 0 Å². The lowest BCUT2D eigenvalue weighted by molar-refractivity contribution is -0.140. The second-order valence-corrected chi connectivity index (χ2v) is 15.7. The minimum atomic E-state index is -3.85. The smallest absolute Gasteiger partial charge is 0.350 e. The fourth-order valence-corrected chi connectivity index (χ4v) is 13.9. The minimum Gasteiger partial charge on any atom is -0.350 e. The van der Waals surface area contributed by atoms with Gasteiger partial charge in [-0.15, -0.1) is 0 Å². The molecule has 1 aliphatic heterocycles. The van der Waals surface area contributed by atoms with Crippen molar-refractivity contribution in [2.75, 3.05) is 0 Å². The van der Waals surface area contributed by atoms with Gasteiger partial charge in [-0.05, 0) is 83.1 Å². The fraction of sp³-hybridized carbons (Fsp3) is 1.00. The molecule has 12 heteroatoms. The van der Waals surface area contributed by atoms with Crippen LogP contribution >= 0.6 is 0 Å². The lowest BCUT2D eigenvalue weighted by Crippen LogP contribution is -2.77. The van der Waals surface area contributed by atoms with Crippen LogP contribution in [0.1, 0.15) is 83.1 Å². The minimum absolute atomic E-state index is 0.247. The molecule has 0 amide bonds. The summed E-state index contributed by atoms with van der Waals surface area (Å²) in [6.45, 7) is 22.6. The third kappa shape index (κ3) is 9.04. The van der Waals surface area contributed by atoms with Gasteiger partial charge in [0, 0.05) is 36.6 Å². The maximum Gasteiger partial charge on any atom is 0.668 e. The average molecular weight is 487 g/mol. The molecule has 0 bridgehead atoms. The van der Waals surface area contributed by atoms with E-state index in [0.717, 1.165) is 0 Å². The highest BCUT2D eigenvalue weighted by atomic mass is 28.6. The lowest BCUT2D eigenvalue weighted by Gasteiger charge is -2.48. The predicted molar refractivity (Wildman–Crippen MR) is 118 cm³/mol. The molecule has 0 aromatic heterocycles. The van der Waals surface area contributed by atoms with Gasteiger partial charge >= 0.3 is 27.1 Å². The van der Waals surface area contributed by atoms with Crippen LogP contribution < -0.4 is 0 Å². The van der Waals surface area contributed by atoms with Crippen LogP contribution in [0.25, 0.3) is 0 Å². The number of rotatable bonds is 12. The van der Waals surface area contributed by atoms with E-state index >= 15 is 0 Å². The molecular weight excluding hydrogens is 444 g/mol. The topological polar surface area (TPSA) is 83.1 Å². The van der Waals surface area contributed by atoms with E-state index in [2.05, 4.69) is 0 Å². The van der Waals surface area contributed by atoms with Crippen molar-refractivity contribution in [2.45, 2.75) is 120 Å². The Hall–Kier alpha value is 0.291. The first-order valence-electron chi connectivity index (χ1n) is 10.8. The van der Waals surface area contributed by atoms with E-state index in [0.29, 0.717) is 0 Å². The third-order valence-corrected chi connectivity index (χ3v) is 13.6. The van der Waals surface area contributed by atoms with Gasteiger partial charge in [-0.3, -0.25) is 0 Å². The molecule has 30 heavy (non-hydrogen) atoms. The Morgan fingerprint density at radius 3 is 0.567 bits per heavy atom. The zero-order valence-electron chi connectivity index (χ0n) is 20.6. The van der Waals surface area contributed by atoms with E-state index in [4.69, 9.17) is 38.9 Å². The van der Waals surface area contributed by atoms with Crippen LogP contribution in [-0.4, -0.2) is 63.8 Å². The van der Waals surface area contributed by atoms with Crippen LogP contribution in [0.4, 0.5) is 0 Å². The van der Waals surface area contributed by atoms with Crippen LogP contribution in [0.5, 0.6) is 0 Å². The molecule has 1 heterocycles. The largest absolute Gasteiger partial charge is 0.668 e. The SMILES string of the molecule is CC(C)O[Si]1(OC(C)C)O[Si](OC(C)C)(OC(C)C)O[Si](OC(C)C)(OC(C)C)O1. The molecule has 0 N–H and O–H groups in total. The van der Waals surface area contributed by atoms with E-state index < -0.39 is 27.1 Å². The molecule has 1 aliphatic rings. The van der Waals surface area contributed by atoms with Crippen molar-refractivity contribution < 1.29 is 38.9 Å².